The summed E-state index contributed by atoms with van der Waals surface area (Å²) in [6, 6.07) is 21.9. The van der Waals surface area contributed by atoms with Gasteiger partial charge in [-0.25, -0.2) is 0 Å². The van der Waals surface area contributed by atoms with E-state index in [0.717, 1.165) is 5.56 Å². The van der Waals surface area contributed by atoms with Crippen LogP contribution in [0, 0.1) is 0 Å². The minimum absolute atomic E-state index is 0.0581. The molecule has 0 bridgehead atoms. The molecule has 0 saturated carbocycles. The number of aromatic nitrogens is 2. The number of benzene rings is 2. The molecule has 2 aromatic heterocycles. The summed E-state index contributed by atoms with van der Waals surface area (Å²) in [5, 5.41) is 14.8. The molecule has 2 atom stereocenters. The summed E-state index contributed by atoms with van der Waals surface area (Å²) >= 11 is 7.78. The van der Waals surface area contributed by atoms with E-state index >= 15 is 0 Å². The Hall–Kier alpha value is -2.47. The van der Waals surface area contributed by atoms with Gasteiger partial charge in [0.25, 0.3) is 0 Å². The summed E-state index contributed by atoms with van der Waals surface area (Å²) in [6.07, 6.45) is 0. The number of halogens is 1. The molecule has 0 unspecified atom stereocenters. The summed E-state index contributed by atoms with van der Waals surface area (Å²) in [6.45, 7) is 2.03. The van der Waals surface area contributed by atoms with E-state index in [2.05, 4.69) is 45.2 Å². The van der Waals surface area contributed by atoms with Crippen molar-refractivity contribution in [3.8, 4) is 11.5 Å². The van der Waals surface area contributed by atoms with E-state index in [0.29, 0.717) is 16.8 Å². The van der Waals surface area contributed by atoms with Crippen LogP contribution in [0.4, 0.5) is 0 Å². The number of thiophene rings is 1. The number of hydrogen-bond donors (Lipinski definition) is 1. The highest BCUT2D eigenvalue weighted by atomic mass is 35.5. The molecule has 4 aromatic rings. The second kappa shape index (κ2) is 8.05. The van der Waals surface area contributed by atoms with Gasteiger partial charge in [-0.3, -0.25) is 5.32 Å². The van der Waals surface area contributed by atoms with Gasteiger partial charge in [-0.15, -0.1) is 21.5 Å². The smallest absolute Gasteiger partial charge is 0.247 e. The zero-order valence-corrected chi connectivity index (χ0v) is 16.2. The number of rotatable bonds is 6. The highest BCUT2D eigenvalue weighted by Crippen LogP contribution is 2.29. The molecule has 0 saturated heterocycles. The lowest BCUT2D eigenvalue weighted by atomic mass is 10.0. The Morgan fingerprint density at radius 1 is 1.00 bits per heavy atom. The van der Waals surface area contributed by atoms with Gasteiger partial charge in [-0.1, -0.05) is 54.1 Å². The number of hydrogen-bond acceptors (Lipinski definition) is 5. The van der Waals surface area contributed by atoms with Crippen LogP contribution in [0.1, 0.15) is 35.3 Å². The van der Waals surface area contributed by atoms with Crippen molar-refractivity contribution in [3.63, 3.8) is 0 Å². The van der Waals surface area contributed by atoms with Crippen LogP contribution in [0.2, 0.25) is 5.02 Å². The first-order valence-corrected chi connectivity index (χ1v) is 9.90. The van der Waals surface area contributed by atoms with Crippen molar-refractivity contribution in [1.82, 2.24) is 15.5 Å². The van der Waals surface area contributed by atoms with Crippen LogP contribution in [-0.4, -0.2) is 10.2 Å². The highest BCUT2D eigenvalue weighted by molar-refractivity contribution is 7.10. The molecule has 4 nitrogen and oxygen atoms in total. The average Bonchev–Trinajstić information content (AvgIpc) is 3.39. The fourth-order valence-electron chi connectivity index (χ4n) is 2.91. The van der Waals surface area contributed by atoms with Gasteiger partial charge in [0.05, 0.1) is 12.1 Å². The molecule has 0 aliphatic rings. The van der Waals surface area contributed by atoms with Crippen LogP contribution in [0.25, 0.3) is 11.5 Å². The van der Waals surface area contributed by atoms with Gasteiger partial charge >= 0.3 is 0 Å². The van der Waals surface area contributed by atoms with Crippen LogP contribution in [0.3, 0.4) is 0 Å². The molecule has 2 heterocycles. The van der Waals surface area contributed by atoms with Crippen molar-refractivity contribution >= 4 is 22.9 Å². The van der Waals surface area contributed by atoms with Crippen molar-refractivity contribution < 1.29 is 4.42 Å². The summed E-state index contributed by atoms with van der Waals surface area (Å²) in [7, 11) is 0. The quantitative estimate of drug-likeness (QED) is 0.442. The molecule has 0 spiro atoms. The summed E-state index contributed by atoms with van der Waals surface area (Å²) in [5.74, 6) is 1.01. The molecule has 1 N–H and O–H groups in total. The van der Waals surface area contributed by atoms with E-state index in [1.165, 1.54) is 10.4 Å². The lowest BCUT2D eigenvalue weighted by molar-refractivity contribution is 0.405. The lowest BCUT2D eigenvalue weighted by Crippen LogP contribution is -2.25. The molecule has 0 fully saturated rings. The highest BCUT2D eigenvalue weighted by Gasteiger charge is 2.22. The third-order valence-electron chi connectivity index (χ3n) is 4.26. The Balaban J connectivity index is 1.58. The first kappa shape index (κ1) is 17.9. The average molecular weight is 396 g/mol. The van der Waals surface area contributed by atoms with Crippen LogP contribution >= 0.6 is 22.9 Å². The molecule has 0 aliphatic carbocycles. The van der Waals surface area contributed by atoms with Gasteiger partial charge in [0.15, 0.2) is 0 Å². The summed E-state index contributed by atoms with van der Waals surface area (Å²) < 4.78 is 5.90. The monoisotopic (exact) mass is 395 g/mol. The van der Waals surface area contributed by atoms with Gasteiger partial charge < -0.3 is 4.42 Å². The summed E-state index contributed by atoms with van der Waals surface area (Å²) in [5.41, 5.74) is 2.01. The van der Waals surface area contributed by atoms with Crippen LogP contribution in [0.5, 0.6) is 0 Å². The van der Waals surface area contributed by atoms with Crippen molar-refractivity contribution in [1.29, 1.82) is 0 Å². The topological polar surface area (TPSA) is 51.0 Å². The fourth-order valence-corrected chi connectivity index (χ4v) is 3.91. The molecular weight excluding hydrogens is 378 g/mol. The van der Waals surface area contributed by atoms with E-state index in [1.807, 2.05) is 49.4 Å². The minimum atomic E-state index is -0.113. The van der Waals surface area contributed by atoms with Crippen LogP contribution in [-0.2, 0) is 0 Å². The third kappa shape index (κ3) is 4.11. The van der Waals surface area contributed by atoms with E-state index < -0.39 is 0 Å². The van der Waals surface area contributed by atoms with E-state index in [1.54, 1.807) is 11.3 Å². The van der Waals surface area contributed by atoms with E-state index in [9.17, 15) is 0 Å². The van der Waals surface area contributed by atoms with Crippen molar-refractivity contribution in [2.75, 3.05) is 0 Å². The standard InChI is InChI=1S/C21H18ClN3OS/c1-14(20-24-25-21(26-20)16-9-5-10-17(22)13-16)23-19(18-11-6-12-27-18)15-7-3-2-4-8-15/h2-14,19,23H,1H3/t14-,19-/m0/s1. The molecule has 0 radical (unpaired) electrons. The summed E-state index contributed by atoms with van der Waals surface area (Å²) in [4.78, 5) is 1.24. The minimum Gasteiger partial charge on any atom is -0.419 e. The van der Waals surface area contributed by atoms with Crippen LogP contribution in [0.15, 0.2) is 76.5 Å². The van der Waals surface area contributed by atoms with Gasteiger partial charge in [-0.2, -0.15) is 0 Å². The second-order valence-corrected chi connectivity index (χ2v) is 7.62. The molecular formula is C21H18ClN3OS. The maximum atomic E-state index is 6.06. The number of nitrogens with one attached hydrogen (secondary N) is 1. The fraction of sp³-hybridized carbons (Fsp3) is 0.143. The van der Waals surface area contributed by atoms with Crippen LogP contribution < -0.4 is 5.32 Å². The molecule has 0 amide bonds. The van der Waals surface area contributed by atoms with Gasteiger partial charge in [0.2, 0.25) is 11.8 Å². The molecule has 2 aromatic carbocycles. The first-order valence-electron chi connectivity index (χ1n) is 8.64. The second-order valence-electron chi connectivity index (χ2n) is 6.20. The Kier molecular flexibility index (Phi) is 5.34. The predicted octanol–water partition coefficient (Wildman–Crippen LogP) is 5.89. The van der Waals surface area contributed by atoms with E-state index in [-0.39, 0.29) is 12.1 Å². The normalized spacial score (nSPS) is 13.4. The number of nitrogens with zero attached hydrogens (tertiary/aromatic N) is 2. The van der Waals surface area contributed by atoms with Crippen molar-refractivity contribution in [2.45, 2.75) is 19.0 Å². The Labute approximate surface area is 166 Å². The van der Waals surface area contributed by atoms with Gasteiger partial charge in [0, 0.05) is 15.5 Å². The maximum Gasteiger partial charge on any atom is 0.247 e. The molecule has 0 aliphatic heterocycles. The Morgan fingerprint density at radius 2 is 1.85 bits per heavy atom. The lowest BCUT2D eigenvalue weighted by Gasteiger charge is -2.21. The zero-order chi connectivity index (χ0) is 18.6. The Bertz CT molecular complexity index is 1000. The third-order valence-corrected chi connectivity index (χ3v) is 5.43. The molecule has 136 valence electrons. The first-order chi connectivity index (χ1) is 13.2. The Morgan fingerprint density at radius 3 is 2.59 bits per heavy atom. The SMILES string of the molecule is C[C@H](N[C@@H](c1ccccc1)c1cccs1)c1nnc(-c2cccc(Cl)c2)o1. The zero-order valence-electron chi connectivity index (χ0n) is 14.7. The largest absolute Gasteiger partial charge is 0.419 e. The van der Waals surface area contributed by atoms with E-state index in [4.69, 9.17) is 16.0 Å². The molecule has 6 heteroatoms. The molecule has 27 heavy (non-hydrogen) atoms. The van der Waals surface area contributed by atoms with Crippen molar-refractivity contribution in [2.24, 2.45) is 0 Å². The van der Waals surface area contributed by atoms with Crippen molar-refractivity contribution in [3.05, 3.63) is 93.5 Å². The van der Waals surface area contributed by atoms with Gasteiger partial charge in [-0.05, 0) is 42.1 Å². The van der Waals surface area contributed by atoms with Gasteiger partial charge in [0.1, 0.15) is 0 Å². The maximum absolute atomic E-state index is 6.06. The predicted molar refractivity (Wildman–Crippen MR) is 109 cm³/mol. The molecule has 4 rings (SSSR count).